The van der Waals surface area contributed by atoms with Gasteiger partial charge in [-0.2, -0.15) is 0 Å². The van der Waals surface area contributed by atoms with Gasteiger partial charge in [0.2, 0.25) is 0 Å². The second-order valence-electron chi connectivity index (χ2n) is 4.94. The molecule has 2 heteroatoms. The lowest BCUT2D eigenvalue weighted by molar-refractivity contribution is -0.120. The Kier molecular flexibility index (Phi) is 3.09. The predicted octanol–water partition coefficient (Wildman–Crippen LogP) is 3.27. The van der Waals surface area contributed by atoms with Crippen molar-refractivity contribution in [1.82, 2.24) is 0 Å². The maximum atomic E-state index is 13.4. The molecule has 1 aliphatic carbocycles. The number of aldehydes is 1. The summed E-state index contributed by atoms with van der Waals surface area (Å²) in [7, 11) is 0. The summed E-state index contributed by atoms with van der Waals surface area (Å²) in [6.07, 6.45) is 6.50. The Morgan fingerprint density at radius 3 is 2.23 bits per heavy atom. The van der Waals surface area contributed by atoms with Crippen molar-refractivity contribution >= 4 is 6.29 Å². The SMILES string of the molecule is CC(C)(F)CC1(C=O)CCCCC1. The number of rotatable bonds is 3. The van der Waals surface area contributed by atoms with Gasteiger partial charge in [0, 0.05) is 5.41 Å². The molecule has 0 aromatic carbocycles. The van der Waals surface area contributed by atoms with Gasteiger partial charge in [0.1, 0.15) is 12.0 Å². The van der Waals surface area contributed by atoms with Crippen molar-refractivity contribution in [2.45, 2.75) is 58.0 Å². The highest BCUT2D eigenvalue weighted by Crippen LogP contribution is 2.41. The summed E-state index contributed by atoms with van der Waals surface area (Å²) in [6, 6.07) is 0. The summed E-state index contributed by atoms with van der Waals surface area (Å²) in [5.41, 5.74) is -1.56. The van der Waals surface area contributed by atoms with Crippen LogP contribution >= 0.6 is 0 Å². The van der Waals surface area contributed by atoms with Crippen LogP contribution in [0.3, 0.4) is 0 Å². The minimum atomic E-state index is -1.21. The molecule has 1 fully saturated rings. The van der Waals surface area contributed by atoms with Gasteiger partial charge >= 0.3 is 0 Å². The first-order valence-corrected chi connectivity index (χ1v) is 5.13. The third kappa shape index (κ3) is 3.09. The molecular weight excluding hydrogens is 167 g/mol. The van der Waals surface area contributed by atoms with Crippen LogP contribution in [0.1, 0.15) is 52.4 Å². The summed E-state index contributed by atoms with van der Waals surface area (Å²) in [5, 5.41) is 0. The van der Waals surface area contributed by atoms with Crippen LogP contribution in [-0.2, 0) is 4.79 Å². The highest BCUT2D eigenvalue weighted by atomic mass is 19.1. The van der Waals surface area contributed by atoms with Crippen LogP contribution in [-0.4, -0.2) is 12.0 Å². The molecule has 1 aliphatic rings. The molecule has 0 radical (unpaired) electrons. The minimum absolute atomic E-state index is 0.351. The third-order valence-corrected chi connectivity index (χ3v) is 2.87. The number of carbonyl (C=O) groups is 1. The zero-order valence-electron chi connectivity index (χ0n) is 8.61. The summed E-state index contributed by atoms with van der Waals surface area (Å²) < 4.78 is 13.4. The van der Waals surface area contributed by atoms with Crippen molar-refractivity contribution in [2.24, 2.45) is 5.41 Å². The van der Waals surface area contributed by atoms with E-state index in [0.29, 0.717) is 6.42 Å². The van der Waals surface area contributed by atoms with Crippen LogP contribution in [0.4, 0.5) is 4.39 Å². The Labute approximate surface area is 79.7 Å². The van der Waals surface area contributed by atoms with Gasteiger partial charge < -0.3 is 4.79 Å². The van der Waals surface area contributed by atoms with E-state index in [2.05, 4.69) is 0 Å². The topological polar surface area (TPSA) is 17.1 Å². The molecule has 0 aromatic rings. The van der Waals surface area contributed by atoms with E-state index in [1.54, 1.807) is 13.8 Å². The minimum Gasteiger partial charge on any atom is -0.303 e. The molecule has 13 heavy (non-hydrogen) atoms. The fourth-order valence-corrected chi connectivity index (χ4v) is 2.43. The zero-order valence-corrected chi connectivity index (χ0v) is 8.61. The second kappa shape index (κ2) is 3.77. The first-order chi connectivity index (χ1) is 5.97. The maximum Gasteiger partial charge on any atom is 0.126 e. The normalized spacial score (nSPS) is 22.7. The highest BCUT2D eigenvalue weighted by molar-refractivity contribution is 5.59. The van der Waals surface area contributed by atoms with Crippen molar-refractivity contribution in [3.63, 3.8) is 0 Å². The summed E-state index contributed by atoms with van der Waals surface area (Å²) in [6.45, 7) is 3.12. The summed E-state index contributed by atoms with van der Waals surface area (Å²) in [4.78, 5) is 11.0. The molecule has 0 spiro atoms. The van der Waals surface area contributed by atoms with Crippen LogP contribution in [0.25, 0.3) is 0 Å². The molecular formula is C11H19FO. The molecule has 0 aliphatic heterocycles. The van der Waals surface area contributed by atoms with E-state index in [1.165, 1.54) is 6.42 Å². The smallest absolute Gasteiger partial charge is 0.126 e. The van der Waals surface area contributed by atoms with E-state index in [-0.39, 0.29) is 5.41 Å². The van der Waals surface area contributed by atoms with Crippen molar-refractivity contribution < 1.29 is 9.18 Å². The Morgan fingerprint density at radius 1 is 1.31 bits per heavy atom. The molecule has 1 nitrogen and oxygen atoms in total. The number of carbonyl (C=O) groups excluding carboxylic acids is 1. The lowest BCUT2D eigenvalue weighted by atomic mass is 9.70. The Morgan fingerprint density at radius 2 is 1.85 bits per heavy atom. The molecule has 0 bridgehead atoms. The molecule has 0 saturated heterocycles. The zero-order chi connectivity index (χ0) is 9.95. The van der Waals surface area contributed by atoms with Crippen LogP contribution < -0.4 is 0 Å². The highest BCUT2D eigenvalue weighted by Gasteiger charge is 2.37. The fraction of sp³-hybridized carbons (Fsp3) is 0.909. The van der Waals surface area contributed by atoms with Crippen LogP contribution in [0.15, 0.2) is 0 Å². The van der Waals surface area contributed by atoms with E-state index in [9.17, 15) is 9.18 Å². The predicted molar refractivity (Wildman–Crippen MR) is 51.4 cm³/mol. The fourth-order valence-electron chi connectivity index (χ4n) is 2.43. The quantitative estimate of drug-likeness (QED) is 0.618. The van der Waals surface area contributed by atoms with Crippen LogP contribution in [0.5, 0.6) is 0 Å². The van der Waals surface area contributed by atoms with Crippen LogP contribution in [0.2, 0.25) is 0 Å². The lowest BCUT2D eigenvalue weighted by Crippen LogP contribution is -2.32. The van der Waals surface area contributed by atoms with Gasteiger partial charge in [-0.3, -0.25) is 0 Å². The number of alkyl halides is 1. The van der Waals surface area contributed by atoms with Gasteiger partial charge in [-0.25, -0.2) is 4.39 Å². The summed E-state index contributed by atoms with van der Waals surface area (Å²) >= 11 is 0. The molecule has 0 unspecified atom stereocenters. The monoisotopic (exact) mass is 186 g/mol. The molecule has 1 saturated carbocycles. The van der Waals surface area contributed by atoms with E-state index in [4.69, 9.17) is 0 Å². The lowest BCUT2D eigenvalue weighted by Gasteiger charge is -2.35. The first kappa shape index (κ1) is 10.7. The van der Waals surface area contributed by atoms with E-state index in [0.717, 1.165) is 32.0 Å². The van der Waals surface area contributed by atoms with Gasteiger partial charge in [0.05, 0.1) is 0 Å². The molecule has 0 aromatic heterocycles. The number of hydrogen-bond acceptors (Lipinski definition) is 1. The van der Waals surface area contributed by atoms with Gasteiger partial charge in [0.25, 0.3) is 0 Å². The average Bonchev–Trinajstić information content (AvgIpc) is 2.03. The molecule has 76 valence electrons. The van der Waals surface area contributed by atoms with Gasteiger partial charge in [0.15, 0.2) is 0 Å². The van der Waals surface area contributed by atoms with E-state index in [1.807, 2.05) is 0 Å². The molecule has 0 heterocycles. The van der Waals surface area contributed by atoms with Crippen molar-refractivity contribution in [3.05, 3.63) is 0 Å². The van der Waals surface area contributed by atoms with Gasteiger partial charge in [-0.05, 0) is 33.1 Å². The molecule has 1 rings (SSSR count). The average molecular weight is 186 g/mol. The molecule has 0 atom stereocenters. The van der Waals surface area contributed by atoms with E-state index < -0.39 is 5.67 Å². The van der Waals surface area contributed by atoms with Gasteiger partial charge in [-0.15, -0.1) is 0 Å². The van der Waals surface area contributed by atoms with Gasteiger partial charge in [-0.1, -0.05) is 19.3 Å². The Balaban J connectivity index is 2.63. The Bertz CT molecular complexity index is 175. The van der Waals surface area contributed by atoms with Crippen molar-refractivity contribution in [1.29, 1.82) is 0 Å². The standard InChI is InChI=1S/C11H19FO/c1-10(2,12)8-11(9-13)6-4-3-5-7-11/h9H,3-8H2,1-2H3. The number of halogens is 1. The Hall–Kier alpha value is -0.400. The van der Waals surface area contributed by atoms with Crippen molar-refractivity contribution in [2.75, 3.05) is 0 Å². The van der Waals surface area contributed by atoms with E-state index >= 15 is 0 Å². The maximum absolute atomic E-state index is 13.4. The van der Waals surface area contributed by atoms with Crippen LogP contribution in [0, 0.1) is 5.41 Å². The second-order valence-corrected chi connectivity index (χ2v) is 4.94. The summed E-state index contributed by atoms with van der Waals surface area (Å²) in [5.74, 6) is 0. The largest absolute Gasteiger partial charge is 0.303 e. The van der Waals surface area contributed by atoms with Crippen molar-refractivity contribution in [3.8, 4) is 0 Å². The molecule has 0 amide bonds. The first-order valence-electron chi connectivity index (χ1n) is 5.13. The molecule has 0 N–H and O–H groups in total. The number of hydrogen-bond donors (Lipinski definition) is 0. The third-order valence-electron chi connectivity index (χ3n) is 2.87.